The molecular formula is C15H14BrFO2. The number of ether oxygens (including phenoxy) is 2. The Balaban J connectivity index is 2.09. The molecule has 0 heterocycles. The van der Waals surface area contributed by atoms with E-state index < -0.39 is 0 Å². The zero-order valence-corrected chi connectivity index (χ0v) is 12.1. The van der Waals surface area contributed by atoms with E-state index in [1.54, 1.807) is 13.2 Å². The standard InChI is InChI=1S/C15H14BrFO2/c1-18-14-4-2-3-11(7-14)10-19-15-6-5-13(17)8-12(15)9-16/h2-8H,9-10H2,1H3. The molecule has 100 valence electrons. The maximum absolute atomic E-state index is 13.1. The zero-order chi connectivity index (χ0) is 13.7. The number of methoxy groups -OCH3 is 1. The molecule has 0 saturated heterocycles. The van der Waals surface area contributed by atoms with Gasteiger partial charge in [0.1, 0.15) is 23.9 Å². The maximum Gasteiger partial charge on any atom is 0.124 e. The highest BCUT2D eigenvalue weighted by Gasteiger charge is 2.05. The molecule has 2 nitrogen and oxygen atoms in total. The van der Waals surface area contributed by atoms with Crippen LogP contribution in [0.25, 0.3) is 0 Å². The van der Waals surface area contributed by atoms with Gasteiger partial charge < -0.3 is 9.47 Å². The first-order valence-electron chi connectivity index (χ1n) is 5.83. The van der Waals surface area contributed by atoms with Gasteiger partial charge in [0.15, 0.2) is 0 Å². The van der Waals surface area contributed by atoms with E-state index in [0.717, 1.165) is 16.9 Å². The maximum atomic E-state index is 13.1. The van der Waals surface area contributed by atoms with Crippen molar-refractivity contribution in [2.24, 2.45) is 0 Å². The summed E-state index contributed by atoms with van der Waals surface area (Å²) in [6.45, 7) is 0.419. The predicted octanol–water partition coefficient (Wildman–Crippen LogP) is 4.31. The highest BCUT2D eigenvalue weighted by Crippen LogP contribution is 2.23. The number of rotatable bonds is 5. The number of benzene rings is 2. The summed E-state index contributed by atoms with van der Waals surface area (Å²) in [4.78, 5) is 0. The van der Waals surface area contributed by atoms with Gasteiger partial charge in [-0.2, -0.15) is 0 Å². The van der Waals surface area contributed by atoms with Crippen molar-refractivity contribution in [1.29, 1.82) is 0 Å². The second-order valence-corrected chi connectivity index (χ2v) is 4.59. The summed E-state index contributed by atoms with van der Waals surface area (Å²) in [6, 6.07) is 12.2. The van der Waals surface area contributed by atoms with Crippen LogP contribution in [0.4, 0.5) is 4.39 Å². The van der Waals surface area contributed by atoms with Crippen LogP contribution in [-0.2, 0) is 11.9 Å². The Kier molecular flexibility index (Phi) is 4.80. The number of halogens is 2. The van der Waals surface area contributed by atoms with E-state index in [2.05, 4.69) is 15.9 Å². The molecule has 0 radical (unpaired) electrons. The van der Waals surface area contributed by atoms with Crippen LogP contribution in [0.5, 0.6) is 11.5 Å². The van der Waals surface area contributed by atoms with Crippen LogP contribution in [0.1, 0.15) is 11.1 Å². The first kappa shape index (κ1) is 13.9. The van der Waals surface area contributed by atoms with Crippen molar-refractivity contribution in [3.63, 3.8) is 0 Å². The molecule has 2 rings (SSSR count). The average molecular weight is 325 g/mol. The van der Waals surface area contributed by atoms with Gasteiger partial charge in [-0.15, -0.1) is 0 Å². The van der Waals surface area contributed by atoms with E-state index in [0.29, 0.717) is 17.7 Å². The third-order valence-corrected chi connectivity index (χ3v) is 3.30. The molecule has 0 N–H and O–H groups in total. The minimum atomic E-state index is -0.261. The number of hydrogen-bond donors (Lipinski definition) is 0. The predicted molar refractivity (Wildman–Crippen MR) is 76.4 cm³/mol. The molecule has 0 unspecified atom stereocenters. The van der Waals surface area contributed by atoms with Crippen molar-refractivity contribution in [1.82, 2.24) is 0 Å². The van der Waals surface area contributed by atoms with Gasteiger partial charge in [-0.25, -0.2) is 4.39 Å². The summed E-state index contributed by atoms with van der Waals surface area (Å²) in [7, 11) is 1.63. The van der Waals surface area contributed by atoms with Crippen LogP contribution in [0.3, 0.4) is 0 Å². The highest BCUT2D eigenvalue weighted by atomic mass is 79.9. The molecule has 0 saturated carbocycles. The van der Waals surface area contributed by atoms with Crippen LogP contribution >= 0.6 is 15.9 Å². The minimum absolute atomic E-state index is 0.261. The number of alkyl halides is 1. The average Bonchev–Trinajstić information content (AvgIpc) is 2.46. The molecule has 0 atom stereocenters. The molecule has 0 aromatic heterocycles. The van der Waals surface area contributed by atoms with E-state index in [1.807, 2.05) is 24.3 Å². The first-order chi connectivity index (χ1) is 9.22. The topological polar surface area (TPSA) is 18.5 Å². The van der Waals surface area contributed by atoms with Gasteiger partial charge in [0.05, 0.1) is 7.11 Å². The Bertz CT molecular complexity index is 558. The molecule has 0 bridgehead atoms. The highest BCUT2D eigenvalue weighted by molar-refractivity contribution is 9.08. The molecule has 0 aliphatic carbocycles. The lowest BCUT2D eigenvalue weighted by Gasteiger charge is -2.11. The van der Waals surface area contributed by atoms with Crippen LogP contribution in [-0.4, -0.2) is 7.11 Å². The molecule has 2 aromatic carbocycles. The van der Waals surface area contributed by atoms with Gasteiger partial charge in [-0.3, -0.25) is 0 Å². The lowest BCUT2D eigenvalue weighted by molar-refractivity contribution is 0.302. The monoisotopic (exact) mass is 324 g/mol. The van der Waals surface area contributed by atoms with Crippen molar-refractivity contribution in [2.75, 3.05) is 7.11 Å². The quantitative estimate of drug-likeness (QED) is 0.763. The van der Waals surface area contributed by atoms with Crippen molar-refractivity contribution in [3.05, 3.63) is 59.4 Å². The van der Waals surface area contributed by atoms with E-state index in [1.165, 1.54) is 12.1 Å². The van der Waals surface area contributed by atoms with Gasteiger partial charge in [0.2, 0.25) is 0 Å². The van der Waals surface area contributed by atoms with E-state index >= 15 is 0 Å². The Hall–Kier alpha value is -1.55. The largest absolute Gasteiger partial charge is 0.497 e. The Labute approximate surface area is 120 Å². The third kappa shape index (κ3) is 3.70. The fourth-order valence-electron chi connectivity index (χ4n) is 1.72. The van der Waals surface area contributed by atoms with Crippen LogP contribution in [0.15, 0.2) is 42.5 Å². The lowest BCUT2D eigenvalue weighted by atomic mass is 10.2. The molecule has 0 aliphatic heterocycles. The minimum Gasteiger partial charge on any atom is -0.497 e. The molecule has 2 aromatic rings. The smallest absolute Gasteiger partial charge is 0.124 e. The third-order valence-electron chi connectivity index (χ3n) is 2.69. The van der Waals surface area contributed by atoms with Gasteiger partial charge in [-0.1, -0.05) is 28.1 Å². The van der Waals surface area contributed by atoms with Gasteiger partial charge >= 0.3 is 0 Å². The fourth-order valence-corrected chi connectivity index (χ4v) is 2.15. The summed E-state index contributed by atoms with van der Waals surface area (Å²) < 4.78 is 24.0. The van der Waals surface area contributed by atoms with Crippen LogP contribution in [0, 0.1) is 5.82 Å². The second-order valence-electron chi connectivity index (χ2n) is 4.03. The number of hydrogen-bond acceptors (Lipinski definition) is 2. The summed E-state index contributed by atoms with van der Waals surface area (Å²) >= 11 is 3.32. The van der Waals surface area contributed by atoms with E-state index in [4.69, 9.17) is 9.47 Å². The first-order valence-corrected chi connectivity index (χ1v) is 6.95. The molecule has 4 heteroatoms. The van der Waals surface area contributed by atoms with Crippen molar-refractivity contribution < 1.29 is 13.9 Å². The lowest BCUT2D eigenvalue weighted by Crippen LogP contribution is -1.98. The SMILES string of the molecule is COc1cccc(COc2ccc(F)cc2CBr)c1. The molecular weight excluding hydrogens is 311 g/mol. The Morgan fingerprint density at radius 3 is 2.74 bits per heavy atom. The molecule has 19 heavy (non-hydrogen) atoms. The zero-order valence-electron chi connectivity index (χ0n) is 10.5. The van der Waals surface area contributed by atoms with E-state index in [9.17, 15) is 4.39 Å². The Morgan fingerprint density at radius 1 is 1.16 bits per heavy atom. The van der Waals surface area contributed by atoms with E-state index in [-0.39, 0.29) is 5.82 Å². The summed E-state index contributed by atoms with van der Waals surface area (Å²) in [5.41, 5.74) is 1.80. The van der Waals surface area contributed by atoms with Crippen LogP contribution < -0.4 is 9.47 Å². The molecule has 0 spiro atoms. The van der Waals surface area contributed by atoms with Gasteiger partial charge in [-0.05, 0) is 35.9 Å². The van der Waals surface area contributed by atoms with Gasteiger partial charge in [0, 0.05) is 10.9 Å². The summed E-state index contributed by atoms with van der Waals surface area (Å²) in [6.07, 6.45) is 0. The summed E-state index contributed by atoms with van der Waals surface area (Å²) in [5, 5.41) is 0.554. The van der Waals surface area contributed by atoms with Crippen LogP contribution in [0.2, 0.25) is 0 Å². The van der Waals surface area contributed by atoms with Crippen molar-refractivity contribution in [2.45, 2.75) is 11.9 Å². The summed E-state index contributed by atoms with van der Waals surface area (Å²) in [5.74, 6) is 1.21. The second kappa shape index (κ2) is 6.57. The molecule has 0 amide bonds. The fraction of sp³-hybridized carbons (Fsp3) is 0.200. The van der Waals surface area contributed by atoms with Crippen molar-refractivity contribution in [3.8, 4) is 11.5 Å². The van der Waals surface area contributed by atoms with Gasteiger partial charge in [0.25, 0.3) is 0 Å². The molecule has 0 aliphatic rings. The molecule has 0 fully saturated rings. The van der Waals surface area contributed by atoms with Crippen molar-refractivity contribution >= 4 is 15.9 Å². The Morgan fingerprint density at radius 2 is 2.00 bits per heavy atom. The normalized spacial score (nSPS) is 10.3.